The molecule has 7 heteroatoms. The Labute approximate surface area is 101 Å². The molecule has 0 saturated carbocycles. The Bertz CT molecular complexity index is 445. The van der Waals surface area contributed by atoms with Crippen molar-refractivity contribution >= 4 is 0 Å². The second-order valence-corrected chi connectivity index (χ2v) is 3.85. The molecule has 0 aliphatic rings. The molecule has 102 valence electrons. The molecule has 1 aromatic heterocycles. The number of alkyl halides is 4. The molecule has 0 spiro atoms. The maximum absolute atomic E-state index is 12.5. The van der Waals surface area contributed by atoms with Crippen LogP contribution >= 0.6 is 0 Å². The number of halogens is 4. The van der Waals surface area contributed by atoms with Gasteiger partial charge in [0.2, 0.25) is 0 Å². The SMILES string of the molecule is Cc1ccn(CCOCC(F)(F)C(F)F)c(=O)c1. The van der Waals surface area contributed by atoms with Gasteiger partial charge in [-0.1, -0.05) is 0 Å². The molecule has 0 atom stereocenters. The number of pyridine rings is 1. The summed E-state index contributed by atoms with van der Waals surface area (Å²) < 4.78 is 54.2. The zero-order valence-electron chi connectivity index (χ0n) is 9.71. The Balaban J connectivity index is 2.41. The van der Waals surface area contributed by atoms with Crippen LogP contribution in [0.1, 0.15) is 5.56 Å². The van der Waals surface area contributed by atoms with E-state index >= 15 is 0 Å². The molecular formula is C11H13F4NO2. The fraction of sp³-hybridized carbons (Fsp3) is 0.545. The first-order valence-electron chi connectivity index (χ1n) is 5.24. The summed E-state index contributed by atoms with van der Waals surface area (Å²) in [6, 6.07) is 3.06. The van der Waals surface area contributed by atoms with E-state index in [1.54, 1.807) is 13.0 Å². The summed E-state index contributed by atoms with van der Waals surface area (Å²) in [6.07, 6.45) is -2.26. The van der Waals surface area contributed by atoms with Crippen molar-refractivity contribution in [3.63, 3.8) is 0 Å². The molecule has 1 heterocycles. The Morgan fingerprint density at radius 1 is 1.44 bits per heavy atom. The number of nitrogens with zero attached hydrogens (tertiary/aromatic N) is 1. The number of ether oxygens (including phenoxy) is 1. The third kappa shape index (κ3) is 4.14. The van der Waals surface area contributed by atoms with Crippen LogP contribution in [0.25, 0.3) is 0 Å². The van der Waals surface area contributed by atoms with Gasteiger partial charge >= 0.3 is 12.3 Å². The molecule has 0 aromatic carbocycles. The van der Waals surface area contributed by atoms with Crippen molar-refractivity contribution in [3.05, 3.63) is 34.2 Å². The van der Waals surface area contributed by atoms with Gasteiger partial charge in [0, 0.05) is 18.8 Å². The monoisotopic (exact) mass is 267 g/mol. The first-order valence-corrected chi connectivity index (χ1v) is 5.24. The minimum Gasteiger partial charge on any atom is -0.373 e. The second kappa shape index (κ2) is 5.99. The summed E-state index contributed by atoms with van der Waals surface area (Å²) >= 11 is 0. The van der Waals surface area contributed by atoms with E-state index in [1.165, 1.54) is 16.8 Å². The van der Waals surface area contributed by atoms with Crippen molar-refractivity contribution < 1.29 is 22.3 Å². The fourth-order valence-corrected chi connectivity index (χ4v) is 1.23. The van der Waals surface area contributed by atoms with Crippen LogP contribution in [0.3, 0.4) is 0 Å². The standard InChI is InChI=1S/C11H13F4NO2/c1-8-2-3-16(9(17)6-8)4-5-18-7-11(14,15)10(12)13/h2-3,6,10H,4-5,7H2,1H3. The number of rotatable bonds is 6. The van der Waals surface area contributed by atoms with Gasteiger partial charge < -0.3 is 9.30 Å². The molecular weight excluding hydrogens is 254 g/mol. The molecule has 1 rings (SSSR count). The van der Waals surface area contributed by atoms with E-state index in [1.807, 2.05) is 0 Å². The highest BCUT2D eigenvalue weighted by Gasteiger charge is 2.40. The fourth-order valence-electron chi connectivity index (χ4n) is 1.23. The van der Waals surface area contributed by atoms with E-state index < -0.39 is 19.0 Å². The quantitative estimate of drug-likeness (QED) is 0.583. The average Bonchev–Trinajstić information content (AvgIpc) is 2.26. The third-order valence-electron chi connectivity index (χ3n) is 2.24. The Morgan fingerprint density at radius 3 is 2.67 bits per heavy atom. The van der Waals surface area contributed by atoms with E-state index in [0.717, 1.165) is 5.56 Å². The highest BCUT2D eigenvalue weighted by atomic mass is 19.3. The van der Waals surface area contributed by atoms with Crippen LogP contribution in [0, 0.1) is 6.92 Å². The van der Waals surface area contributed by atoms with Crippen molar-refractivity contribution in [2.45, 2.75) is 25.8 Å². The minimum absolute atomic E-state index is 0.0401. The van der Waals surface area contributed by atoms with Crippen molar-refractivity contribution in [2.24, 2.45) is 0 Å². The smallest absolute Gasteiger partial charge is 0.330 e. The second-order valence-electron chi connectivity index (χ2n) is 3.85. The largest absolute Gasteiger partial charge is 0.373 e. The average molecular weight is 267 g/mol. The van der Waals surface area contributed by atoms with Gasteiger partial charge in [-0.25, -0.2) is 8.78 Å². The van der Waals surface area contributed by atoms with Crippen LogP contribution in [0.15, 0.2) is 23.1 Å². The highest BCUT2D eigenvalue weighted by Crippen LogP contribution is 2.22. The van der Waals surface area contributed by atoms with Gasteiger partial charge in [-0.05, 0) is 18.6 Å². The lowest BCUT2D eigenvalue weighted by Crippen LogP contribution is -2.33. The third-order valence-corrected chi connectivity index (χ3v) is 2.24. The summed E-state index contributed by atoms with van der Waals surface area (Å²) in [5.74, 6) is -4.15. The van der Waals surface area contributed by atoms with E-state index in [2.05, 4.69) is 4.74 Å². The number of aryl methyl sites for hydroxylation is 1. The molecule has 0 radical (unpaired) electrons. The van der Waals surface area contributed by atoms with Crippen molar-refractivity contribution in [2.75, 3.05) is 13.2 Å². The lowest BCUT2D eigenvalue weighted by atomic mass is 10.3. The van der Waals surface area contributed by atoms with Crippen LogP contribution in [-0.2, 0) is 11.3 Å². The molecule has 1 aromatic rings. The molecule has 0 bridgehead atoms. The number of hydrogen-bond acceptors (Lipinski definition) is 2. The van der Waals surface area contributed by atoms with Gasteiger partial charge in [0.1, 0.15) is 6.61 Å². The zero-order chi connectivity index (χ0) is 13.8. The molecule has 0 fully saturated rings. The molecule has 0 amide bonds. The minimum atomic E-state index is -4.15. The van der Waals surface area contributed by atoms with E-state index in [-0.39, 0.29) is 18.7 Å². The summed E-state index contributed by atoms with van der Waals surface area (Å²) in [6.45, 7) is 0.195. The van der Waals surface area contributed by atoms with E-state index in [9.17, 15) is 22.4 Å². The van der Waals surface area contributed by atoms with E-state index in [4.69, 9.17) is 0 Å². The Kier molecular flexibility index (Phi) is 4.89. The van der Waals surface area contributed by atoms with Gasteiger partial charge in [-0.2, -0.15) is 8.78 Å². The van der Waals surface area contributed by atoms with Gasteiger partial charge in [0.15, 0.2) is 0 Å². The highest BCUT2D eigenvalue weighted by molar-refractivity contribution is 5.07. The summed E-state index contributed by atoms with van der Waals surface area (Å²) in [5.41, 5.74) is 0.487. The molecule has 18 heavy (non-hydrogen) atoms. The van der Waals surface area contributed by atoms with Gasteiger partial charge in [-0.3, -0.25) is 4.79 Å². The number of aromatic nitrogens is 1. The first-order chi connectivity index (χ1) is 8.33. The lowest BCUT2D eigenvalue weighted by Gasteiger charge is -2.15. The molecule has 0 aliphatic carbocycles. The molecule has 0 unspecified atom stereocenters. The maximum atomic E-state index is 12.5. The van der Waals surface area contributed by atoms with E-state index in [0.29, 0.717) is 0 Å². The predicted octanol–water partition coefficient (Wildman–Crippen LogP) is 2.07. The predicted molar refractivity (Wildman–Crippen MR) is 57.2 cm³/mol. The Morgan fingerprint density at radius 2 is 2.11 bits per heavy atom. The Hall–Kier alpha value is -1.37. The number of hydrogen-bond donors (Lipinski definition) is 0. The zero-order valence-corrected chi connectivity index (χ0v) is 9.71. The van der Waals surface area contributed by atoms with Crippen LogP contribution in [-0.4, -0.2) is 30.1 Å². The lowest BCUT2D eigenvalue weighted by molar-refractivity contribution is -0.166. The molecule has 0 saturated heterocycles. The van der Waals surface area contributed by atoms with Gasteiger partial charge in [-0.15, -0.1) is 0 Å². The normalized spacial score (nSPS) is 12.1. The first kappa shape index (κ1) is 14.7. The van der Waals surface area contributed by atoms with Crippen molar-refractivity contribution in [3.8, 4) is 0 Å². The maximum Gasteiger partial charge on any atom is 0.330 e. The summed E-state index contributed by atoms with van der Waals surface area (Å²) in [5, 5.41) is 0. The van der Waals surface area contributed by atoms with Crippen molar-refractivity contribution in [1.29, 1.82) is 0 Å². The van der Waals surface area contributed by atoms with Crippen LogP contribution in [0.5, 0.6) is 0 Å². The van der Waals surface area contributed by atoms with Gasteiger partial charge in [0.25, 0.3) is 5.56 Å². The molecule has 0 N–H and O–H groups in total. The molecule has 0 aliphatic heterocycles. The van der Waals surface area contributed by atoms with Crippen LogP contribution in [0.4, 0.5) is 17.6 Å². The summed E-state index contributed by atoms with van der Waals surface area (Å²) in [7, 11) is 0. The van der Waals surface area contributed by atoms with Crippen LogP contribution < -0.4 is 5.56 Å². The molecule has 3 nitrogen and oxygen atoms in total. The van der Waals surface area contributed by atoms with Crippen LogP contribution in [0.2, 0.25) is 0 Å². The summed E-state index contributed by atoms with van der Waals surface area (Å²) in [4.78, 5) is 11.4. The van der Waals surface area contributed by atoms with Crippen molar-refractivity contribution in [1.82, 2.24) is 4.57 Å². The topological polar surface area (TPSA) is 31.2 Å². The van der Waals surface area contributed by atoms with Gasteiger partial charge in [0.05, 0.1) is 6.61 Å².